The molecule has 2 amide bonds. The van der Waals surface area contributed by atoms with Gasteiger partial charge < -0.3 is 15.7 Å². The van der Waals surface area contributed by atoms with Crippen LogP contribution in [-0.2, 0) is 9.59 Å². The zero-order valence-corrected chi connectivity index (χ0v) is 9.84. The lowest BCUT2D eigenvalue weighted by Gasteiger charge is -2.39. The summed E-state index contributed by atoms with van der Waals surface area (Å²) in [7, 11) is 0. The molecule has 1 atom stereocenters. The minimum absolute atomic E-state index is 0.0695. The number of carboxylic acids is 1. The zero-order valence-electron chi connectivity index (χ0n) is 9.84. The molecule has 1 fully saturated rings. The van der Waals surface area contributed by atoms with Crippen LogP contribution in [0.15, 0.2) is 18.2 Å². The number of fused-ring (bicyclic) bond motifs is 3. The number of carbonyl (C=O) groups is 3. The standard InChI is InChI=1S/C12H11N3O4/c16-10-5-13-4-9-11(17)14-7-3-6(12(18)19)1-2-8(7)15(9)10/h1-3,9,13H,4-5H2,(H,14,17)(H,18,19). The van der Waals surface area contributed by atoms with E-state index in [1.165, 1.54) is 17.0 Å². The Balaban J connectivity index is 2.10. The maximum atomic E-state index is 11.9. The summed E-state index contributed by atoms with van der Waals surface area (Å²) in [6.07, 6.45) is 0. The molecule has 2 aliphatic rings. The first-order valence-corrected chi connectivity index (χ1v) is 5.79. The topological polar surface area (TPSA) is 98.7 Å². The zero-order chi connectivity index (χ0) is 13.6. The highest BCUT2D eigenvalue weighted by Gasteiger charge is 2.39. The first-order chi connectivity index (χ1) is 9.08. The van der Waals surface area contributed by atoms with Crippen molar-refractivity contribution in [1.29, 1.82) is 0 Å². The summed E-state index contributed by atoms with van der Waals surface area (Å²) >= 11 is 0. The summed E-state index contributed by atoms with van der Waals surface area (Å²) in [5.41, 5.74) is 0.970. The lowest BCUT2D eigenvalue weighted by molar-refractivity contribution is -0.124. The smallest absolute Gasteiger partial charge is 0.335 e. The summed E-state index contributed by atoms with van der Waals surface area (Å²) in [6, 6.07) is 3.75. The Bertz CT molecular complexity index is 599. The lowest BCUT2D eigenvalue weighted by Crippen LogP contribution is -2.61. The van der Waals surface area contributed by atoms with Crippen molar-refractivity contribution in [1.82, 2.24) is 5.32 Å². The predicted octanol–water partition coefficient (Wildman–Crippen LogP) is -0.358. The molecule has 0 radical (unpaired) electrons. The predicted molar refractivity (Wildman–Crippen MR) is 66.2 cm³/mol. The second-order valence-corrected chi connectivity index (χ2v) is 4.44. The molecule has 0 bridgehead atoms. The van der Waals surface area contributed by atoms with Gasteiger partial charge in [0.25, 0.3) is 0 Å². The second-order valence-electron chi connectivity index (χ2n) is 4.44. The molecule has 1 aromatic carbocycles. The minimum Gasteiger partial charge on any atom is -0.478 e. The molecule has 3 rings (SSSR count). The van der Waals surface area contributed by atoms with E-state index < -0.39 is 12.0 Å². The third-order valence-electron chi connectivity index (χ3n) is 3.26. The van der Waals surface area contributed by atoms with E-state index in [4.69, 9.17) is 5.11 Å². The lowest BCUT2D eigenvalue weighted by atomic mass is 10.0. The van der Waals surface area contributed by atoms with Crippen LogP contribution in [0.2, 0.25) is 0 Å². The first kappa shape index (κ1) is 11.7. The van der Waals surface area contributed by atoms with E-state index in [9.17, 15) is 14.4 Å². The summed E-state index contributed by atoms with van der Waals surface area (Å²) in [4.78, 5) is 36.2. The van der Waals surface area contributed by atoms with Crippen molar-refractivity contribution in [3.8, 4) is 0 Å². The van der Waals surface area contributed by atoms with Crippen LogP contribution in [0.5, 0.6) is 0 Å². The largest absolute Gasteiger partial charge is 0.478 e. The summed E-state index contributed by atoms with van der Waals surface area (Å²) in [6.45, 7) is 0.557. The third-order valence-corrected chi connectivity index (χ3v) is 3.26. The molecule has 3 N–H and O–H groups in total. The first-order valence-electron chi connectivity index (χ1n) is 5.79. The fourth-order valence-corrected chi connectivity index (χ4v) is 2.37. The number of piperazine rings is 1. The van der Waals surface area contributed by atoms with Crippen molar-refractivity contribution in [2.45, 2.75) is 6.04 Å². The van der Waals surface area contributed by atoms with Gasteiger partial charge in [0.2, 0.25) is 11.8 Å². The molecule has 1 unspecified atom stereocenters. The maximum Gasteiger partial charge on any atom is 0.335 e. The Morgan fingerprint density at radius 3 is 2.89 bits per heavy atom. The Kier molecular flexibility index (Phi) is 2.49. The number of nitrogens with one attached hydrogen (secondary N) is 2. The third kappa shape index (κ3) is 1.75. The van der Waals surface area contributed by atoms with E-state index in [1.54, 1.807) is 6.07 Å². The van der Waals surface area contributed by atoms with Crippen LogP contribution >= 0.6 is 0 Å². The Morgan fingerprint density at radius 2 is 2.16 bits per heavy atom. The number of rotatable bonds is 1. The van der Waals surface area contributed by atoms with Gasteiger partial charge in [-0.25, -0.2) is 4.79 Å². The van der Waals surface area contributed by atoms with E-state index in [2.05, 4.69) is 10.6 Å². The van der Waals surface area contributed by atoms with Crippen LogP contribution in [0.3, 0.4) is 0 Å². The number of amides is 2. The molecule has 1 aromatic rings. The molecule has 7 nitrogen and oxygen atoms in total. The molecule has 0 spiro atoms. The Morgan fingerprint density at radius 1 is 1.37 bits per heavy atom. The van der Waals surface area contributed by atoms with Crippen molar-refractivity contribution in [3.63, 3.8) is 0 Å². The van der Waals surface area contributed by atoms with Gasteiger partial charge in [-0.1, -0.05) is 0 Å². The second kappa shape index (κ2) is 4.06. The van der Waals surface area contributed by atoms with Gasteiger partial charge in [-0.3, -0.25) is 14.5 Å². The highest BCUT2D eigenvalue weighted by molar-refractivity contribution is 6.13. The van der Waals surface area contributed by atoms with Gasteiger partial charge in [-0.2, -0.15) is 0 Å². The van der Waals surface area contributed by atoms with Crippen LogP contribution in [0.1, 0.15) is 10.4 Å². The van der Waals surface area contributed by atoms with Gasteiger partial charge in [-0.05, 0) is 18.2 Å². The summed E-state index contributed by atoms with van der Waals surface area (Å²) < 4.78 is 0. The molecule has 0 aliphatic carbocycles. The molecular formula is C12H11N3O4. The molecule has 98 valence electrons. The van der Waals surface area contributed by atoms with E-state index in [-0.39, 0.29) is 23.9 Å². The average molecular weight is 261 g/mol. The van der Waals surface area contributed by atoms with Gasteiger partial charge in [-0.15, -0.1) is 0 Å². The maximum absolute atomic E-state index is 11.9. The van der Waals surface area contributed by atoms with E-state index in [0.29, 0.717) is 17.9 Å². The van der Waals surface area contributed by atoms with Crippen molar-refractivity contribution in [2.24, 2.45) is 0 Å². The number of hydrogen-bond donors (Lipinski definition) is 3. The number of aromatic carboxylic acids is 1. The fraction of sp³-hybridized carbons (Fsp3) is 0.250. The van der Waals surface area contributed by atoms with Crippen LogP contribution in [0, 0.1) is 0 Å². The number of anilines is 2. The minimum atomic E-state index is -1.08. The summed E-state index contributed by atoms with van der Waals surface area (Å²) in [5, 5.41) is 14.5. The van der Waals surface area contributed by atoms with Crippen molar-refractivity contribution < 1.29 is 19.5 Å². The van der Waals surface area contributed by atoms with Crippen LogP contribution in [0.25, 0.3) is 0 Å². The fourth-order valence-electron chi connectivity index (χ4n) is 2.37. The molecule has 7 heteroatoms. The van der Waals surface area contributed by atoms with Crippen LogP contribution in [-0.4, -0.2) is 42.0 Å². The average Bonchev–Trinajstić information content (AvgIpc) is 2.38. The van der Waals surface area contributed by atoms with Gasteiger partial charge in [0.05, 0.1) is 23.5 Å². The quantitative estimate of drug-likeness (QED) is 0.641. The highest BCUT2D eigenvalue weighted by Crippen LogP contribution is 2.33. The van der Waals surface area contributed by atoms with Gasteiger partial charge in [0, 0.05) is 6.54 Å². The molecule has 2 aliphatic heterocycles. The van der Waals surface area contributed by atoms with Crippen LogP contribution < -0.4 is 15.5 Å². The number of carboxylic acid groups (broad SMARTS) is 1. The van der Waals surface area contributed by atoms with Gasteiger partial charge in [0.1, 0.15) is 6.04 Å². The molecule has 2 heterocycles. The summed E-state index contributed by atoms with van der Waals surface area (Å²) in [5.74, 6) is -1.59. The van der Waals surface area contributed by atoms with Crippen molar-refractivity contribution in [3.05, 3.63) is 23.8 Å². The number of nitrogens with zero attached hydrogens (tertiary/aromatic N) is 1. The van der Waals surface area contributed by atoms with Gasteiger partial charge >= 0.3 is 5.97 Å². The monoisotopic (exact) mass is 261 g/mol. The Hall–Kier alpha value is -2.41. The van der Waals surface area contributed by atoms with Crippen LogP contribution in [0.4, 0.5) is 11.4 Å². The molecule has 1 saturated heterocycles. The molecule has 19 heavy (non-hydrogen) atoms. The number of hydrogen-bond acceptors (Lipinski definition) is 4. The van der Waals surface area contributed by atoms with Crippen molar-refractivity contribution >= 4 is 29.2 Å². The molecule has 0 aromatic heterocycles. The normalized spacial score (nSPS) is 21.5. The number of benzene rings is 1. The Labute approximate surface area is 108 Å². The van der Waals surface area contributed by atoms with E-state index >= 15 is 0 Å². The van der Waals surface area contributed by atoms with E-state index in [1.807, 2.05) is 0 Å². The highest BCUT2D eigenvalue weighted by atomic mass is 16.4. The van der Waals surface area contributed by atoms with E-state index in [0.717, 1.165) is 0 Å². The molecule has 0 saturated carbocycles. The SMILES string of the molecule is O=C(O)c1ccc2c(c1)NC(=O)C1CNCC(=O)N21. The van der Waals surface area contributed by atoms with Gasteiger partial charge in [0.15, 0.2) is 0 Å². The number of carbonyl (C=O) groups excluding carboxylic acids is 2. The van der Waals surface area contributed by atoms with Crippen molar-refractivity contribution in [2.75, 3.05) is 23.3 Å². The molecular weight excluding hydrogens is 250 g/mol.